The van der Waals surface area contributed by atoms with Crippen molar-refractivity contribution >= 4 is 0 Å². The van der Waals surface area contributed by atoms with Crippen LogP contribution < -0.4 is 0 Å². The third-order valence-electron chi connectivity index (χ3n) is 1.82. The molecule has 5 nitrogen and oxygen atoms in total. The second kappa shape index (κ2) is 3.83. The third-order valence-corrected chi connectivity index (χ3v) is 1.82. The Kier molecular flexibility index (Phi) is 3.00. The molecule has 68 valence electrons. The molecule has 12 heavy (non-hydrogen) atoms. The van der Waals surface area contributed by atoms with Crippen LogP contribution in [0.5, 0.6) is 0 Å². The zero-order chi connectivity index (χ0) is 9.14. The van der Waals surface area contributed by atoms with Crippen LogP contribution in [0.25, 0.3) is 0 Å². The van der Waals surface area contributed by atoms with Gasteiger partial charge in [-0.3, -0.25) is 0 Å². The van der Waals surface area contributed by atoms with E-state index in [2.05, 4.69) is 0 Å². The molecule has 0 aromatic rings. The van der Waals surface area contributed by atoms with Crippen molar-refractivity contribution in [3.8, 4) is 6.07 Å². The van der Waals surface area contributed by atoms with Gasteiger partial charge in [0.25, 0.3) is 0 Å². The SMILES string of the molecule is CO[C@@H]1O[C@H](OC)[C@H](C#N)[C@H]1O. The number of hydrogen-bond acceptors (Lipinski definition) is 5. The fourth-order valence-electron chi connectivity index (χ4n) is 1.16. The summed E-state index contributed by atoms with van der Waals surface area (Å²) in [7, 11) is 2.82. The van der Waals surface area contributed by atoms with Gasteiger partial charge in [-0.1, -0.05) is 0 Å². The van der Waals surface area contributed by atoms with Gasteiger partial charge in [0, 0.05) is 14.2 Å². The number of methoxy groups -OCH3 is 2. The van der Waals surface area contributed by atoms with E-state index in [1.807, 2.05) is 6.07 Å². The lowest BCUT2D eigenvalue weighted by atomic mass is 10.1. The molecule has 1 fully saturated rings. The highest BCUT2D eigenvalue weighted by molar-refractivity contribution is 4.96. The summed E-state index contributed by atoms with van der Waals surface area (Å²) in [5, 5.41) is 18.0. The molecule has 0 aromatic heterocycles. The fourth-order valence-corrected chi connectivity index (χ4v) is 1.16. The van der Waals surface area contributed by atoms with Crippen LogP contribution in [0.15, 0.2) is 0 Å². The van der Waals surface area contributed by atoms with E-state index < -0.39 is 24.6 Å². The van der Waals surface area contributed by atoms with Crippen molar-refractivity contribution in [1.29, 1.82) is 5.26 Å². The summed E-state index contributed by atoms with van der Waals surface area (Å²) in [6.07, 6.45) is -2.40. The number of nitriles is 1. The Hall–Kier alpha value is -0.670. The lowest BCUT2D eigenvalue weighted by Gasteiger charge is -2.10. The van der Waals surface area contributed by atoms with Crippen LogP contribution in [-0.4, -0.2) is 38.0 Å². The third kappa shape index (κ3) is 1.42. The number of nitrogens with zero attached hydrogens (tertiary/aromatic N) is 1. The van der Waals surface area contributed by atoms with E-state index in [0.717, 1.165) is 0 Å². The number of rotatable bonds is 2. The summed E-state index contributed by atoms with van der Waals surface area (Å²) in [6.45, 7) is 0. The maximum absolute atomic E-state index is 9.40. The van der Waals surface area contributed by atoms with E-state index in [1.165, 1.54) is 14.2 Å². The molecule has 0 unspecified atom stereocenters. The highest BCUT2D eigenvalue weighted by atomic mass is 16.8. The topological polar surface area (TPSA) is 71.7 Å². The first kappa shape index (κ1) is 9.42. The predicted octanol–water partition coefficient (Wildman–Crippen LogP) is -0.538. The molecule has 1 aliphatic rings. The van der Waals surface area contributed by atoms with Gasteiger partial charge < -0.3 is 19.3 Å². The molecular weight excluding hydrogens is 162 g/mol. The molecule has 0 spiro atoms. The Morgan fingerprint density at radius 3 is 2.25 bits per heavy atom. The molecule has 4 atom stereocenters. The average Bonchev–Trinajstić information content (AvgIpc) is 2.41. The summed E-state index contributed by atoms with van der Waals surface area (Å²) in [5.74, 6) is -0.681. The minimum absolute atomic E-state index is 0.681. The Morgan fingerprint density at radius 2 is 1.92 bits per heavy atom. The van der Waals surface area contributed by atoms with Gasteiger partial charge in [0.15, 0.2) is 12.6 Å². The summed E-state index contributed by atoms with van der Waals surface area (Å²) in [4.78, 5) is 0. The van der Waals surface area contributed by atoms with Crippen LogP contribution in [0.3, 0.4) is 0 Å². The molecule has 0 radical (unpaired) electrons. The monoisotopic (exact) mass is 173 g/mol. The van der Waals surface area contributed by atoms with Gasteiger partial charge in [0.2, 0.25) is 0 Å². The summed E-state index contributed by atoms with van der Waals surface area (Å²) >= 11 is 0. The summed E-state index contributed by atoms with van der Waals surface area (Å²) < 4.78 is 14.7. The molecule has 5 heteroatoms. The second-order valence-corrected chi connectivity index (χ2v) is 2.49. The first-order chi connectivity index (χ1) is 5.74. The Bertz CT molecular complexity index is 188. The minimum Gasteiger partial charge on any atom is -0.386 e. The highest BCUT2D eigenvalue weighted by Crippen LogP contribution is 2.27. The van der Waals surface area contributed by atoms with Crippen molar-refractivity contribution in [1.82, 2.24) is 0 Å². The van der Waals surface area contributed by atoms with E-state index in [1.54, 1.807) is 0 Å². The molecule has 0 saturated carbocycles. The van der Waals surface area contributed by atoms with Crippen molar-refractivity contribution < 1.29 is 19.3 Å². The normalized spacial score (nSPS) is 41.2. The quantitative estimate of drug-likeness (QED) is 0.607. The summed E-state index contributed by atoms with van der Waals surface area (Å²) in [5.41, 5.74) is 0. The van der Waals surface area contributed by atoms with E-state index in [9.17, 15) is 5.11 Å². The van der Waals surface area contributed by atoms with Crippen LogP contribution in [0.4, 0.5) is 0 Å². The van der Waals surface area contributed by atoms with Gasteiger partial charge >= 0.3 is 0 Å². The molecule has 0 aromatic carbocycles. The van der Waals surface area contributed by atoms with E-state index in [4.69, 9.17) is 19.5 Å². The number of ether oxygens (including phenoxy) is 3. The van der Waals surface area contributed by atoms with E-state index >= 15 is 0 Å². The van der Waals surface area contributed by atoms with Crippen LogP contribution in [-0.2, 0) is 14.2 Å². The van der Waals surface area contributed by atoms with Crippen molar-refractivity contribution in [2.24, 2.45) is 5.92 Å². The van der Waals surface area contributed by atoms with E-state index in [-0.39, 0.29) is 0 Å². The maximum Gasteiger partial charge on any atom is 0.187 e. The Labute approximate surface area is 70.5 Å². The molecule has 1 N–H and O–H groups in total. The van der Waals surface area contributed by atoms with Crippen LogP contribution >= 0.6 is 0 Å². The first-order valence-electron chi connectivity index (χ1n) is 3.53. The van der Waals surface area contributed by atoms with Gasteiger partial charge in [-0.25, -0.2) is 0 Å². The van der Waals surface area contributed by atoms with Crippen molar-refractivity contribution in [2.75, 3.05) is 14.2 Å². The fraction of sp³-hybridized carbons (Fsp3) is 0.857. The van der Waals surface area contributed by atoms with Gasteiger partial charge in [-0.05, 0) is 0 Å². The number of aliphatic hydroxyl groups is 1. The largest absolute Gasteiger partial charge is 0.386 e. The smallest absolute Gasteiger partial charge is 0.187 e. The van der Waals surface area contributed by atoms with Crippen molar-refractivity contribution in [3.63, 3.8) is 0 Å². The molecule has 0 bridgehead atoms. The first-order valence-corrected chi connectivity index (χ1v) is 3.53. The lowest BCUT2D eigenvalue weighted by molar-refractivity contribution is -0.200. The molecule has 1 rings (SSSR count). The van der Waals surface area contributed by atoms with Gasteiger partial charge in [0.05, 0.1) is 6.07 Å². The van der Waals surface area contributed by atoms with Crippen molar-refractivity contribution in [3.05, 3.63) is 0 Å². The van der Waals surface area contributed by atoms with Crippen LogP contribution in [0, 0.1) is 17.2 Å². The Morgan fingerprint density at radius 1 is 1.33 bits per heavy atom. The zero-order valence-electron chi connectivity index (χ0n) is 6.93. The zero-order valence-corrected chi connectivity index (χ0v) is 6.93. The number of aliphatic hydroxyl groups excluding tert-OH is 1. The average molecular weight is 173 g/mol. The molecule has 1 saturated heterocycles. The standard InChI is InChI=1S/C7H11NO4/c1-10-6-4(3-8)5(9)7(11-2)12-6/h4-7,9H,1-2H3/t4-,5-,6+,7-/m1/s1. The van der Waals surface area contributed by atoms with Crippen molar-refractivity contribution in [2.45, 2.75) is 18.7 Å². The molecule has 1 aliphatic heterocycles. The second-order valence-electron chi connectivity index (χ2n) is 2.49. The van der Waals surface area contributed by atoms with Crippen LogP contribution in [0.2, 0.25) is 0 Å². The van der Waals surface area contributed by atoms with Gasteiger partial charge in [0.1, 0.15) is 12.0 Å². The van der Waals surface area contributed by atoms with Gasteiger partial charge in [-0.2, -0.15) is 5.26 Å². The highest BCUT2D eigenvalue weighted by Gasteiger charge is 2.44. The minimum atomic E-state index is -0.940. The lowest BCUT2D eigenvalue weighted by Crippen LogP contribution is -2.27. The maximum atomic E-state index is 9.40. The Balaban J connectivity index is 2.66. The molecule has 0 amide bonds. The summed E-state index contributed by atoms with van der Waals surface area (Å²) in [6, 6.07) is 1.90. The molecule has 0 aliphatic carbocycles. The molecular formula is C7H11NO4. The molecule has 1 heterocycles. The van der Waals surface area contributed by atoms with Gasteiger partial charge in [-0.15, -0.1) is 0 Å². The predicted molar refractivity (Wildman–Crippen MR) is 37.8 cm³/mol. The number of hydrogen-bond donors (Lipinski definition) is 1. The van der Waals surface area contributed by atoms with Crippen LogP contribution in [0.1, 0.15) is 0 Å². The van der Waals surface area contributed by atoms with E-state index in [0.29, 0.717) is 0 Å².